The van der Waals surface area contributed by atoms with Crippen LogP contribution in [0.4, 0.5) is 5.95 Å². The minimum Gasteiger partial charge on any atom is -0.390 e. The van der Waals surface area contributed by atoms with Crippen LogP contribution in [0.1, 0.15) is 40.6 Å². The molecule has 0 N–H and O–H groups in total. The third-order valence-electron chi connectivity index (χ3n) is 3.69. The van der Waals surface area contributed by atoms with Crippen LogP contribution in [-0.2, 0) is 6.54 Å². The van der Waals surface area contributed by atoms with Gasteiger partial charge in [0.15, 0.2) is 5.78 Å². The Balaban J connectivity index is 1.81. The Morgan fingerprint density at radius 1 is 1.48 bits per heavy atom. The molecule has 3 rings (SSSR count). The van der Waals surface area contributed by atoms with Gasteiger partial charge in [0.05, 0.1) is 0 Å². The first-order valence-electron chi connectivity index (χ1n) is 6.73. The smallest absolute Gasteiger partial charge is 0.390 e. The summed E-state index contributed by atoms with van der Waals surface area (Å²) in [4.78, 5) is 25.7. The number of nitro groups is 1. The molecule has 8 nitrogen and oxygen atoms in total. The highest BCUT2D eigenvalue weighted by molar-refractivity contribution is 5.97. The summed E-state index contributed by atoms with van der Waals surface area (Å²) in [5.41, 5.74) is 2.68. The molecular weight excluding hydrogens is 274 g/mol. The van der Waals surface area contributed by atoms with E-state index < -0.39 is 10.9 Å². The molecule has 1 aliphatic rings. The van der Waals surface area contributed by atoms with Crippen molar-refractivity contribution in [3.05, 3.63) is 39.5 Å². The fourth-order valence-corrected chi connectivity index (χ4v) is 2.63. The number of hydrogen-bond donors (Lipinski definition) is 0. The molecule has 0 aliphatic heterocycles. The number of carbonyl (C=O) groups excluding carboxylic acids is 1. The Hall–Kier alpha value is -2.51. The maximum Gasteiger partial charge on any atom is 0.490 e. The van der Waals surface area contributed by atoms with Crippen LogP contribution in [0.3, 0.4) is 0 Å². The summed E-state index contributed by atoms with van der Waals surface area (Å²) in [6, 6.07) is 2.39. The van der Waals surface area contributed by atoms with Gasteiger partial charge in [-0.15, -0.1) is 0 Å². The van der Waals surface area contributed by atoms with E-state index in [2.05, 4.69) is 14.6 Å². The van der Waals surface area contributed by atoms with Crippen LogP contribution in [0, 0.1) is 24.0 Å². The fraction of sp³-hybridized carbons (Fsp3) is 0.462. The Bertz CT molecular complexity index is 726. The van der Waals surface area contributed by atoms with Gasteiger partial charge < -0.3 is 14.7 Å². The number of Topliss-reactive ketones (excluding diaryl/α,β-unsaturated/α-hetero) is 1. The number of carbonyl (C=O) groups is 1. The van der Waals surface area contributed by atoms with E-state index in [0.29, 0.717) is 11.6 Å². The topological polar surface area (TPSA) is 95.8 Å². The molecule has 21 heavy (non-hydrogen) atoms. The summed E-state index contributed by atoms with van der Waals surface area (Å²) in [5, 5.41) is 14.2. The molecule has 2 heterocycles. The van der Waals surface area contributed by atoms with E-state index in [1.807, 2.05) is 19.9 Å². The summed E-state index contributed by atoms with van der Waals surface area (Å²) in [5.74, 6) is -0.610. The number of aromatic nitrogens is 4. The second kappa shape index (κ2) is 4.80. The lowest BCUT2D eigenvalue weighted by molar-refractivity contribution is -0.394. The summed E-state index contributed by atoms with van der Waals surface area (Å²) in [6.07, 6.45) is 3.51. The summed E-state index contributed by atoms with van der Waals surface area (Å²) >= 11 is 0. The van der Waals surface area contributed by atoms with Gasteiger partial charge in [-0.2, -0.15) is 4.68 Å². The standard InChI is InChI=1S/C13H15N5O3/c1-8-5-11(9(2)17(8)10-3-4-10)12(19)6-16-7-14-13(15-16)18(20)21/h5,7,10H,3-4,6H2,1-2H3. The lowest BCUT2D eigenvalue weighted by Gasteiger charge is -2.07. The summed E-state index contributed by atoms with van der Waals surface area (Å²) in [7, 11) is 0. The number of rotatable bonds is 5. The Morgan fingerprint density at radius 3 is 2.76 bits per heavy atom. The van der Waals surface area contributed by atoms with E-state index >= 15 is 0 Å². The Morgan fingerprint density at radius 2 is 2.19 bits per heavy atom. The molecule has 0 saturated heterocycles. The van der Waals surface area contributed by atoms with Crippen molar-refractivity contribution >= 4 is 11.7 Å². The van der Waals surface area contributed by atoms with Crippen LogP contribution in [-0.4, -0.2) is 30.0 Å². The van der Waals surface area contributed by atoms with Gasteiger partial charge in [0, 0.05) is 28.1 Å². The molecule has 1 saturated carbocycles. The molecule has 0 radical (unpaired) electrons. The minimum atomic E-state index is -0.681. The van der Waals surface area contributed by atoms with Crippen molar-refractivity contribution < 1.29 is 9.72 Å². The van der Waals surface area contributed by atoms with Crippen molar-refractivity contribution in [2.45, 2.75) is 39.3 Å². The normalized spacial score (nSPS) is 14.4. The average molecular weight is 289 g/mol. The first-order chi connectivity index (χ1) is 9.97. The highest BCUT2D eigenvalue weighted by atomic mass is 16.6. The van der Waals surface area contributed by atoms with Gasteiger partial charge in [-0.25, -0.2) is 0 Å². The molecule has 0 amide bonds. The maximum absolute atomic E-state index is 12.4. The van der Waals surface area contributed by atoms with E-state index in [0.717, 1.165) is 24.2 Å². The molecular formula is C13H15N5O3. The van der Waals surface area contributed by atoms with Crippen molar-refractivity contribution in [1.29, 1.82) is 0 Å². The van der Waals surface area contributed by atoms with Crippen molar-refractivity contribution in [3.63, 3.8) is 0 Å². The van der Waals surface area contributed by atoms with Crippen molar-refractivity contribution in [3.8, 4) is 0 Å². The Labute approximate surface area is 120 Å². The molecule has 1 aliphatic carbocycles. The molecule has 0 aromatic carbocycles. The zero-order valence-electron chi connectivity index (χ0n) is 11.8. The monoisotopic (exact) mass is 289 g/mol. The SMILES string of the molecule is Cc1cc(C(=O)Cn2cnc([N+](=O)[O-])n2)c(C)n1C1CC1. The van der Waals surface area contributed by atoms with E-state index in [4.69, 9.17) is 0 Å². The molecule has 2 aromatic rings. The number of ketones is 1. The van der Waals surface area contributed by atoms with Crippen LogP contribution < -0.4 is 0 Å². The lowest BCUT2D eigenvalue weighted by atomic mass is 10.1. The van der Waals surface area contributed by atoms with Crippen LogP contribution in [0.15, 0.2) is 12.4 Å². The van der Waals surface area contributed by atoms with Gasteiger partial charge in [-0.3, -0.25) is 4.79 Å². The second-order valence-corrected chi connectivity index (χ2v) is 5.31. The van der Waals surface area contributed by atoms with Gasteiger partial charge in [0.2, 0.25) is 6.33 Å². The predicted octanol–water partition coefficient (Wildman–Crippen LogP) is 1.82. The van der Waals surface area contributed by atoms with E-state index in [-0.39, 0.29) is 12.3 Å². The molecule has 110 valence electrons. The first kappa shape index (κ1) is 13.5. The van der Waals surface area contributed by atoms with Gasteiger partial charge in [-0.05, 0) is 37.7 Å². The van der Waals surface area contributed by atoms with Gasteiger partial charge in [0.1, 0.15) is 6.54 Å². The van der Waals surface area contributed by atoms with Crippen LogP contribution >= 0.6 is 0 Å². The minimum absolute atomic E-state index is 0.0458. The molecule has 0 atom stereocenters. The van der Waals surface area contributed by atoms with Crippen molar-refractivity contribution in [2.24, 2.45) is 0 Å². The summed E-state index contributed by atoms with van der Waals surface area (Å²) < 4.78 is 3.39. The van der Waals surface area contributed by atoms with Gasteiger partial charge in [-0.1, -0.05) is 4.98 Å². The summed E-state index contributed by atoms with van der Waals surface area (Å²) in [6.45, 7) is 3.88. The number of hydrogen-bond acceptors (Lipinski definition) is 5. The lowest BCUT2D eigenvalue weighted by Crippen LogP contribution is -2.12. The predicted molar refractivity (Wildman–Crippen MR) is 73.2 cm³/mol. The highest BCUT2D eigenvalue weighted by Gasteiger charge is 2.28. The molecule has 8 heteroatoms. The largest absolute Gasteiger partial charge is 0.490 e. The fourth-order valence-electron chi connectivity index (χ4n) is 2.63. The zero-order valence-corrected chi connectivity index (χ0v) is 11.8. The number of aryl methyl sites for hydroxylation is 1. The van der Waals surface area contributed by atoms with Crippen LogP contribution in [0.2, 0.25) is 0 Å². The van der Waals surface area contributed by atoms with Crippen molar-refractivity contribution in [1.82, 2.24) is 19.3 Å². The third kappa shape index (κ3) is 2.44. The second-order valence-electron chi connectivity index (χ2n) is 5.31. The zero-order chi connectivity index (χ0) is 15.1. The van der Waals surface area contributed by atoms with E-state index in [9.17, 15) is 14.9 Å². The number of nitrogens with zero attached hydrogens (tertiary/aromatic N) is 5. The maximum atomic E-state index is 12.4. The van der Waals surface area contributed by atoms with Crippen LogP contribution in [0.5, 0.6) is 0 Å². The molecule has 0 spiro atoms. The van der Waals surface area contributed by atoms with Crippen molar-refractivity contribution in [2.75, 3.05) is 0 Å². The molecule has 1 fully saturated rings. The molecule has 0 unspecified atom stereocenters. The van der Waals surface area contributed by atoms with Crippen LogP contribution in [0.25, 0.3) is 0 Å². The Kier molecular flexibility index (Phi) is 3.08. The van der Waals surface area contributed by atoms with E-state index in [1.165, 1.54) is 11.0 Å². The quantitative estimate of drug-likeness (QED) is 0.475. The first-order valence-corrected chi connectivity index (χ1v) is 6.73. The highest BCUT2D eigenvalue weighted by Crippen LogP contribution is 2.38. The molecule has 2 aromatic heterocycles. The van der Waals surface area contributed by atoms with E-state index in [1.54, 1.807) is 0 Å². The molecule has 0 bridgehead atoms. The average Bonchev–Trinajstić information content (AvgIpc) is 3.05. The van der Waals surface area contributed by atoms with Gasteiger partial charge >= 0.3 is 5.95 Å². The van der Waals surface area contributed by atoms with Gasteiger partial charge in [0.25, 0.3) is 0 Å². The third-order valence-corrected chi connectivity index (χ3v) is 3.69.